The summed E-state index contributed by atoms with van der Waals surface area (Å²) in [5, 5.41) is 3.60. The number of hydrogen-bond donors (Lipinski definition) is 2. The molecule has 1 aromatic heterocycles. The summed E-state index contributed by atoms with van der Waals surface area (Å²) in [7, 11) is 0. The largest absolute Gasteiger partial charge is 0.485 e. The average molecular weight is 261 g/mol. The van der Waals surface area contributed by atoms with Gasteiger partial charge in [-0.05, 0) is 25.0 Å². The summed E-state index contributed by atoms with van der Waals surface area (Å²) in [6, 6.07) is 7.40. The molecule has 0 bridgehead atoms. The Morgan fingerprint density at radius 2 is 2.11 bits per heavy atom. The Hall–Kier alpha value is -2.34. The molecule has 0 aliphatic carbocycles. The molecule has 0 radical (unpaired) electrons. The van der Waals surface area contributed by atoms with Crippen molar-refractivity contribution in [1.29, 1.82) is 0 Å². The van der Waals surface area contributed by atoms with Crippen molar-refractivity contribution in [3.8, 4) is 5.75 Å². The lowest BCUT2D eigenvalue weighted by molar-refractivity contribution is 0.0944. The van der Waals surface area contributed by atoms with E-state index in [0.717, 1.165) is 16.9 Å². The quantitative estimate of drug-likeness (QED) is 0.494. The first-order valence-electron chi connectivity index (χ1n) is 5.77. The first-order chi connectivity index (χ1) is 9.11. The number of rotatable bonds is 4. The number of nitrogens with zero attached hydrogens (tertiary/aromatic N) is 1. The number of amides is 1. The van der Waals surface area contributed by atoms with Gasteiger partial charge in [-0.2, -0.15) is 0 Å². The number of carbonyl (C=O) groups is 1. The molecule has 0 spiro atoms. The van der Waals surface area contributed by atoms with Crippen LogP contribution >= 0.6 is 0 Å². The van der Waals surface area contributed by atoms with E-state index < -0.39 is 5.91 Å². The highest BCUT2D eigenvalue weighted by molar-refractivity contribution is 5.91. The Kier molecular flexibility index (Phi) is 3.82. The fourth-order valence-electron chi connectivity index (χ4n) is 1.73. The van der Waals surface area contributed by atoms with Crippen molar-refractivity contribution in [1.82, 2.24) is 10.6 Å². The number of benzene rings is 1. The smallest absolute Gasteiger partial charge is 0.287 e. The number of nitrogens with one attached hydrogen (secondary N) is 1. The number of hydrazine groups is 1. The second-order valence-electron chi connectivity index (χ2n) is 4.16. The van der Waals surface area contributed by atoms with Gasteiger partial charge < -0.3 is 9.26 Å². The summed E-state index contributed by atoms with van der Waals surface area (Å²) >= 11 is 0. The van der Waals surface area contributed by atoms with E-state index in [1.54, 1.807) is 0 Å². The van der Waals surface area contributed by atoms with E-state index in [4.69, 9.17) is 15.1 Å². The zero-order valence-corrected chi connectivity index (χ0v) is 10.8. The summed E-state index contributed by atoms with van der Waals surface area (Å²) in [5.41, 5.74) is 4.19. The van der Waals surface area contributed by atoms with Gasteiger partial charge in [-0.3, -0.25) is 10.2 Å². The number of aromatic nitrogens is 1. The molecule has 6 nitrogen and oxygen atoms in total. The van der Waals surface area contributed by atoms with E-state index in [2.05, 4.69) is 5.16 Å². The summed E-state index contributed by atoms with van der Waals surface area (Å²) in [6.07, 6.45) is 0. The Balaban J connectivity index is 2.07. The van der Waals surface area contributed by atoms with Crippen LogP contribution in [0.15, 0.2) is 28.8 Å². The Morgan fingerprint density at radius 3 is 2.74 bits per heavy atom. The van der Waals surface area contributed by atoms with Crippen LogP contribution in [-0.2, 0) is 6.61 Å². The van der Waals surface area contributed by atoms with Gasteiger partial charge in [0.2, 0.25) is 0 Å². The van der Waals surface area contributed by atoms with Gasteiger partial charge >= 0.3 is 0 Å². The lowest BCUT2D eigenvalue weighted by Crippen LogP contribution is -2.30. The first-order valence-corrected chi connectivity index (χ1v) is 5.77. The number of nitrogen functional groups attached to an aromatic ring is 1. The van der Waals surface area contributed by atoms with Gasteiger partial charge in [0.05, 0.1) is 0 Å². The Morgan fingerprint density at radius 1 is 1.42 bits per heavy atom. The highest BCUT2D eigenvalue weighted by atomic mass is 16.5. The zero-order valence-electron chi connectivity index (χ0n) is 10.8. The highest BCUT2D eigenvalue weighted by Gasteiger charge is 2.12. The van der Waals surface area contributed by atoms with Gasteiger partial charge in [-0.25, -0.2) is 5.84 Å². The molecule has 0 aliphatic heterocycles. The lowest BCUT2D eigenvalue weighted by atomic mass is 10.1. The number of nitrogens with two attached hydrogens (primary N) is 1. The van der Waals surface area contributed by atoms with Crippen LogP contribution in [-0.4, -0.2) is 11.1 Å². The first kappa shape index (κ1) is 13.1. The third kappa shape index (κ3) is 2.92. The lowest BCUT2D eigenvalue weighted by Gasteiger charge is -2.09. The van der Waals surface area contributed by atoms with Crippen LogP contribution in [0.4, 0.5) is 0 Å². The highest BCUT2D eigenvalue weighted by Crippen LogP contribution is 2.23. The van der Waals surface area contributed by atoms with Gasteiger partial charge in [-0.15, -0.1) is 0 Å². The topological polar surface area (TPSA) is 90.4 Å². The van der Waals surface area contributed by atoms with E-state index >= 15 is 0 Å². The number of aryl methyl sites for hydroxylation is 2. The van der Waals surface area contributed by atoms with Crippen LogP contribution in [0.1, 0.15) is 27.4 Å². The van der Waals surface area contributed by atoms with Crippen LogP contribution in [0.3, 0.4) is 0 Å². The fourth-order valence-corrected chi connectivity index (χ4v) is 1.73. The molecule has 0 unspecified atom stereocenters. The van der Waals surface area contributed by atoms with Crippen molar-refractivity contribution in [2.75, 3.05) is 0 Å². The third-order valence-corrected chi connectivity index (χ3v) is 2.69. The predicted molar refractivity (Wildman–Crippen MR) is 68.4 cm³/mol. The van der Waals surface area contributed by atoms with Crippen LogP contribution in [0, 0.1) is 13.8 Å². The van der Waals surface area contributed by atoms with Crippen LogP contribution in [0.25, 0.3) is 0 Å². The molecule has 1 amide bonds. The van der Waals surface area contributed by atoms with Gasteiger partial charge in [0.25, 0.3) is 5.91 Å². The summed E-state index contributed by atoms with van der Waals surface area (Å²) in [4.78, 5) is 11.2. The van der Waals surface area contributed by atoms with E-state index in [1.807, 2.05) is 37.5 Å². The summed E-state index contributed by atoms with van der Waals surface area (Å²) in [5.74, 6) is 5.78. The van der Waals surface area contributed by atoms with Gasteiger partial charge in [-0.1, -0.05) is 23.4 Å². The maximum atomic E-state index is 11.2. The van der Waals surface area contributed by atoms with E-state index in [0.29, 0.717) is 5.76 Å². The normalized spacial score (nSPS) is 10.3. The zero-order chi connectivity index (χ0) is 13.8. The average Bonchev–Trinajstić information content (AvgIpc) is 2.86. The van der Waals surface area contributed by atoms with Crippen LogP contribution in [0.5, 0.6) is 5.75 Å². The van der Waals surface area contributed by atoms with Crippen molar-refractivity contribution in [2.45, 2.75) is 20.5 Å². The van der Waals surface area contributed by atoms with E-state index in [-0.39, 0.29) is 12.3 Å². The van der Waals surface area contributed by atoms with Gasteiger partial charge in [0, 0.05) is 6.07 Å². The molecule has 0 fully saturated rings. The molecule has 0 saturated carbocycles. The maximum absolute atomic E-state index is 11.2. The molecule has 19 heavy (non-hydrogen) atoms. The fraction of sp³-hybridized carbons (Fsp3) is 0.231. The molecular formula is C13H15N3O3. The van der Waals surface area contributed by atoms with Crippen molar-refractivity contribution in [2.24, 2.45) is 5.84 Å². The predicted octanol–water partition coefficient (Wildman–Crippen LogP) is 1.47. The molecule has 3 N–H and O–H groups in total. The van der Waals surface area contributed by atoms with Crippen molar-refractivity contribution in [3.05, 3.63) is 46.8 Å². The van der Waals surface area contributed by atoms with E-state index in [9.17, 15) is 4.79 Å². The molecule has 2 aromatic rings. The minimum atomic E-state index is -0.498. The second kappa shape index (κ2) is 5.53. The number of hydrogen-bond acceptors (Lipinski definition) is 5. The van der Waals surface area contributed by atoms with E-state index in [1.165, 1.54) is 6.07 Å². The van der Waals surface area contributed by atoms with Crippen molar-refractivity contribution < 1.29 is 14.1 Å². The molecular weight excluding hydrogens is 246 g/mol. The molecule has 1 heterocycles. The van der Waals surface area contributed by atoms with Crippen molar-refractivity contribution in [3.63, 3.8) is 0 Å². The molecule has 2 rings (SSSR count). The summed E-state index contributed by atoms with van der Waals surface area (Å²) in [6.45, 7) is 4.14. The van der Waals surface area contributed by atoms with Crippen molar-refractivity contribution >= 4 is 5.91 Å². The molecule has 100 valence electrons. The number of ether oxygens (including phenoxy) is 1. The molecule has 0 aliphatic rings. The van der Waals surface area contributed by atoms with Crippen LogP contribution in [0.2, 0.25) is 0 Å². The second-order valence-corrected chi connectivity index (χ2v) is 4.16. The molecule has 1 aromatic carbocycles. The molecule has 0 atom stereocenters. The third-order valence-electron chi connectivity index (χ3n) is 2.69. The Bertz CT molecular complexity index is 572. The standard InChI is InChI=1S/C13H15N3O3/c1-8-4-3-5-9(2)12(8)18-7-10-6-11(16-19-10)13(17)15-14/h3-6H,7,14H2,1-2H3,(H,15,17). The van der Waals surface area contributed by atoms with Gasteiger partial charge in [0.15, 0.2) is 11.5 Å². The number of carbonyl (C=O) groups excluding carboxylic acids is 1. The maximum Gasteiger partial charge on any atom is 0.287 e. The monoisotopic (exact) mass is 261 g/mol. The van der Waals surface area contributed by atoms with Gasteiger partial charge in [0.1, 0.15) is 12.4 Å². The van der Waals surface area contributed by atoms with Crippen LogP contribution < -0.4 is 16.0 Å². The number of para-hydroxylation sites is 1. The molecule has 0 saturated heterocycles. The minimum Gasteiger partial charge on any atom is -0.485 e. The SMILES string of the molecule is Cc1cccc(C)c1OCc1cc(C(=O)NN)no1. The minimum absolute atomic E-state index is 0.127. The molecule has 6 heteroatoms. The summed E-state index contributed by atoms with van der Waals surface area (Å²) < 4.78 is 10.7. The Labute approximate surface area is 110 Å².